The number of likely N-dealkylation sites (tertiary alicyclic amines) is 1. The van der Waals surface area contributed by atoms with Crippen molar-refractivity contribution in [2.24, 2.45) is 5.41 Å². The number of alkyl halides is 3. The van der Waals surface area contributed by atoms with Crippen LogP contribution in [0.1, 0.15) is 6.42 Å². The molecule has 2 heterocycles. The third-order valence-corrected chi connectivity index (χ3v) is 5.82. The lowest BCUT2D eigenvalue weighted by molar-refractivity contribution is -0.121. The first-order valence-corrected chi connectivity index (χ1v) is 9.37. The van der Waals surface area contributed by atoms with Crippen LogP contribution in [-0.2, 0) is 14.8 Å². The highest BCUT2D eigenvalue weighted by Crippen LogP contribution is 2.38. The third-order valence-electron chi connectivity index (χ3n) is 4.40. The highest BCUT2D eigenvalue weighted by atomic mass is 32.2. The van der Waals surface area contributed by atoms with E-state index in [0.717, 1.165) is 18.6 Å². The Morgan fingerprint density at radius 2 is 1.88 bits per heavy atom. The zero-order valence-electron chi connectivity index (χ0n) is 13.7. The smallest absolute Gasteiger partial charge is 0.381 e. The number of benzene rings is 1. The molecule has 0 atom stereocenters. The van der Waals surface area contributed by atoms with E-state index in [0.29, 0.717) is 32.0 Å². The van der Waals surface area contributed by atoms with Gasteiger partial charge in [0.15, 0.2) is 0 Å². The van der Waals surface area contributed by atoms with Gasteiger partial charge in [0.05, 0.1) is 11.5 Å². The molecule has 0 aliphatic carbocycles. The zero-order valence-corrected chi connectivity index (χ0v) is 14.5. The number of amides is 2. The number of hydrogen-bond acceptors (Lipinski definition) is 4. The van der Waals surface area contributed by atoms with E-state index in [1.807, 2.05) is 0 Å². The Balaban J connectivity index is 1.55. The molecule has 0 bridgehead atoms. The Bertz CT molecular complexity index is 766. The molecule has 7 nitrogen and oxygen atoms in total. The number of nitrogens with zero attached hydrogens (tertiary/aromatic N) is 1. The molecule has 1 spiro atoms. The van der Waals surface area contributed by atoms with Crippen LogP contribution in [-0.4, -0.2) is 58.4 Å². The minimum absolute atomic E-state index is 0.0550. The Hall–Kier alpha value is -1.85. The summed E-state index contributed by atoms with van der Waals surface area (Å²) in [6.45, 7) is 0.912. The Morgan fingerprint density at radius 3 is 2.42 bits per heavy atom. The molecule has 11 heteroatoms. The molecule has 2 N–H and O–H groups in total. The summed E-state index contributed by atoms with van der Waals surface area (Å²) >= 11 is 0. The first-order chi connectivity index (χ1) is 12.1. The van der Waals surface area contributed by atoms with E-state index in [-0.39, 0.29) is 16.3 Å². The molecular weight excluding hydrogens is 375 g/mol. The van der Waals surface area contributed by atoms with Gasteiger partial charge >= 0.3 is 12.2 Å². The number of ether oxygens (including phenoxy) is 1. The van der Waals surface area contributed by atoms with E-state index in [4.69, 9.17) is 4.74 Å². The maximum Gasteiger partial charge on any atom is 0.402 e. The Kier molecular flexibility index (Phi) is 4.88. The van der Waals surface area contributed by atoms with E-state index >= 15 is 0 Å². The number of sulfonamides is 1. The molecule has 2 aliphatic rings. The van der Waals surface area contributed by atoms with Crippen LogP contribution in [0.4, 0.5) is 23.7 Å². The van der Waals surface area contributed by atoms with Crippen LogP contribution in [0.25, 0.3) is 0 Å². The first kappa shape index (κ1) is 18.9. The number of halogens is 3. The van der Waals surface area contributed by atoms with Crippen LogP contribution in [0.5, 0.6) is 0 Å². The summed E-state index contributed by atoms with van der Waals surface area (Å²) in [5.41, 5.74) is 0.410. The maximum absolute atomic E-state index is 12.1. The van der Waals surface area contributed by atoms with Gasteiger partial charge in [-0.3, -0.25) is 0 Å². The lowest BCUT2D eigenvalue weighted by Gasteiger charge is -2.46. The van der Waals surface area contributed by atoms with Gasteiger partial charge in [-0.2, -0.15) is 13.2 Å². The predicted molar refractivity (Wildman–Crippen MR) is 86.1 cm³/mol. The van der Waals surface area contributed by atoms with Gasteiger partial charge in [0.1, 0.15) is 6.54 Å². The lowest BCUT2D eigenvalue weighted by atomic mass is 9.79. The van der Waals surface area contributed by atoms with Crippen LogP contribution in [0.15, 0.2) is 29.2 Å². The lowest BCUT2D eigenvalue weighted by Crippen LogP contribution is -2.59. The van der Waals surface area contributed by atoms with Crippen molar-refractivity contribution in [2.75, 3.05) is 38.2 Å². The quantitative estimate of drug-likeness (QED) is 0.816. The SMILES string of the molecule is O=C(Nc1ccc(S(=O)(=O)NCC(F)(F)F)cc1)N1CC2(CCOC2)C1. The van der Waals surface area contributed by atoms with Crippen molar-refractivity contribution in [1.82, 2.24) is 9.62 Å². The van der Waals surface area contributed by atoms with Crippen LogP contribution < -0.4 is 10.0 Å². The van der Waals surface area contributed by atoms with E-state index in [1.165, 1.54) is 16.9 Å². The highest BCUT2D eigenvalue weighted by molar-refractivity contribution is 7.89. The molecule has 144 valence electrons. The first-order valence-electron chi connectivity index (χ1n) is 7.89. The van der Waals surface area contributed by atoms with Crippen molar-refractivity contribution in [2.45, 2.75) is 17.5 Å². The van der Waals surface area contributed by atoms with Crippen molar-refractivity contribution in [3.63, 3.8) is 0 Å². The van der Waals surface area contributed by atoms with Gasteiger partial charge in [0.2, 0.25) is 10.0 Å². The second kappa shape index (κ2) is 6.71. The predicted octanol–water partition coefficient (Wildman–Crippen LogP) is 1.78. The van der Waals surface area contributed by atoms with Crippen LogP contribution in [0.2, 0.25) is 0 Å². The summed E-state index contributed by atoms with van der Waals surface area (Å²) in [7, 11) is -4.27. The molecule has 1 aromatic rings. The zero-order chi connectivity index (χ0) is 19.0. The third kappa shape index (κ3) is 4.27. The van der Waals surface area contributed by atoms with Crippen molar-refractivity contribution in [3.05, 3.63) is 24.3 Å². The average Bonchev–Trinajstić information content (AvgIpc) is 3.01. The molecule has 26 heavy (non-hydrogen) atoms. The summed E-state index contributed by atoms with van der Waals surface area (Å²) in [5, 5.41) is 2.64. The molecule has 0 saturated carbocycles. The van der Waals surface area contributed by atoms with Gasteiger partial charge in [0, 0.05) is 30.8 Å². The van der Waals surface area contributed by atoms with Crippen molar-refractivity contribution in [1.29, 1.82) is 0 Å². The van der Waals surface area contributed by atoms with E-state index < -0.39 is 22.7 Å². The number of carbonyl (C=O) groups excluding carboxylic acids is 1. The molecule has 2 aliphatic heterocycles. The normalized spacial score (nSPS) is 19.4. The largest absolute Gasteiger partial charge is 0.402 e. The second-order valence-corrected chi connectivity index (χ2v) is 8.32. The summed E-state index contributed by atoms with van der Waals surface area (Å²) in [4.78, 5) is 13.5. The minimum Gasteiger partial charge on any atom is -0.381 e. The molecule has 0 radical (unpaired) electrons. The fourth-order valence-electron chi connectivity index (χ4n) is 2.99. The number of nitrogens with one attached hydrogen (secondary N) is 2. The van der Waals surface area contributed by atoms with Crippen LogP contribution in [0, 0.1) is 5.41 Å². The van der Waals surface area contributed by atoms with Gasteiger partial charge in [0.25, 0.3) is 0 Å². The second-order valence-electron chi connectivity index (χ2n) is 6.55. The Labute approximate surface area is 148 Å². The van der Waals surface area contributed by atoms with Gasteiger partial charge in [-0.1, -0.05) is 0 Å². The summed E-state index contributed by atoms with van der Waals surface area (Å²) in [5.74, 6) is 0. The molecule has 2 amide bonds. The minimum atomic E-state index is -4.64. The average molecular weight is 393 g/mol. The fourth-order valence-corrected chi connectivity index (χ4v) is 4.00. The molecule has 0 aromatic heterocycles. The number of rotatable bonds is 4. The molecular formula is C15H18F3N3O4S. The Morgan fingerprint density at radius 1 is 1.23 bits per heavy atom. The summed E-state index contributed by atoms with van der Waals surface area (Å²) < 4.78 is 66.9. The monoisotopic (exact) mass is 393 g/mol. The van der Waals surface area contributed by atoms with Crippen molar-refractivity contribution < 1.29 is 31.1 Å². The number of carbonyl (C=O) groups is 1. The highest BCUT2D eigenvalue weighted by Gasteiger charge is 2.47. The van der Waals surface area contributed by atoms with E-state index in [1.54, 1.807) is 4.90 Å². The van der Waals surface area contributed by atoms with Crippen molar-refractivity contribution >= 4 is 21.7 Å². The van der Waals surface area contributed by atoms with E-state index in [2.05, 4.69) is 5.32 Å². The maximum atomic E-state index is 12.1. The van der Waals surface area contributed by atoms with Gasteiger partial charge < -0.3 is 15.0 Å². The fraction of sp³-hybridized carbons (Fsp3) is 0.533. The number of hydrogen-bond donors (Lipinski definition) is 2. The van der Waals surface area contributed by atoms with Gasteiger partial charge in [-0.25, -0.2) is 17.9 Å². The number of anilines is 1. The standard InChI is InChI=1S/C15H18F3N3O4S/c16-15(17,18)7-19-26(23,24)12-3-1-11(2-4-12)20-13(22)21-8-14(9-21)5-6-25-10-14/h1-4,19H,5-10H2,(H,20,22). The van der Waals surface area contributed by atoms with Crippen molar-refractivity contribution in [3.8, 4) is 0 Å². The summed E-state index contributed by atoms with van der Waals surface area (Å²) in [6, 6.07) is 4.61. The summed E-state index contributed by atoms with van der Waals surface area (Å²) in [6.07, 6.45) is -3.71. The van der Waals surface area contributed by atoms with E-state index in [9.17, 15) is 26.4 Å². The van der Waals surface area contributed by atoms with Gasteiger partial charge in [-0.15, -0.1) is 0 Å². The molecule has 2 saturated heterocycles. The van der Waals surface area contributed by atoms with Crippen LogP contribution >= 0.6 is 0 Å². The van der Waals surface area contributed by atoms with Gasteiger partial charge in [-0.05, 0) is 30.7 Å². The topological polar surface area (TPSA) is 87.7 Å². The van der Waals surface area contributed by atoms with Crippen LogP contribution in [0.3, 0.4) is 0 Å². The molecule has 0 unspecified atom stereocenters. The molecule has 1 aromatic carbocycles. The molecule has 2 fully saturated rings. The molecule has 3 rings (SSSR count). The number of urea groups is 1.